The van der Waals surface area contributed by atoms with Gasteiger partial charge in [0.2, 0.25) is 12.3 Å². The van der Waals surface area contributed by atoms with Gasteiger partial charge in [0.1, 0.15) is 5.82 Å². The van der Waals surface area contributed by atoms with Crippen molar-refractivity contribution < 1.29 is 8.81 Å². The number of hydrogen-bond acceptors (Lipinski definition) is 4. The van der Waals surface area contributed by atoms with E-state index in [1.807, 2.05) is 0 Å². The molecule has 0 atom stereocenters. The van der Waals surface area contributed by atoms with Crippen molar-refractivity contribution in [3.8, 4) is 11.5 Å². The van der Waals surface area contributed by atoms with Gasteiger partial charge in [-0.25, -0.2) is 4.39 Å². The molecule has 0 spiro atoms. The number of hydrogen-bond donors (Lipinski definition) is 0. The van der Waals surface area contributed by atoms with E-state index in [1.54, 1.807) is 12.1 Å². The third-order valence-electron chi connectivity index (χ3n) is 2.98. The fourth-order valence-corrected chi connectivity index (χ4v) is 2.16. The van der Waals surface area contributed by atoms with Crippen LogP contribution in [0.15, 0.2) is 52.1 Å². The fraction of sp³-hybridized carbons (Fsp3) is 0.0714. The van der Waals surface area contributed by atoms with Crippen LogP contribution in [-0.2, 0) is 6.54 Å². The lowest BCUT2D eigenvalue weighted by atomic mass is 10.2. The highest BCUT2D eigenvalue weighted by Crippen LogP contribution is 2.20. The van der Waals surface area contributed by atoms with E-state index in [0.717, 1.165) is 0 Å². The van der Waals surface area contributed by atoms with E-state index in [1.165, 1.54) is 35.4 Å². The van der Waals surface area contributed by atoms with Crippen LogP contribution in [0.5, 0.6) is 0 Å². The third-order valence-corrected chi connectivity index (χ3v) is 3.33. The van der Waals surface area contributed by atoms with Crippen molar-refractivity contribution in [2.75, 3.05) is 0 Å². The van der Waals surface area contributed by atoms with Crippen molar-refractivity contribution in [2.45, 2.75) is 6.54 Å². The van der Waals surface area contributed by atoms with Gasteiger partial charge in [0.25, 0.3) is 5.56 Å². The van der Waals surface area contributed by atoms with Gasteiger partial charge >= 0.3 is 0 Å². The van der Waals surface area contributed by atoms with Crippen molar-refractivity contribution in [1.82, 2.24) is 14.8 Å². The van der Waals surface area contributed by atoms with E-state index in [4.69, 9.17) is 16.0 Å². The second-order valence-electron chi connectivity index (χ2n) is 4.33. The first kappa shape index (κ1) is 13.5. The first-order valence-electron chi connectivity index (χ1n) is 6.05. The van der Waals surface area contributed by atoms with Gasteiger partial charge in [-0.05, 0) is 18.2 Å². The number of halogens is 2. The topological polar surface area (TPSA) is 60.9 Å². The standard InChI is InChI=1S/C14H9ClFN3O2/c15-11-2-1-3-12(16)10(11)7-19-6-9(4-5-13(19)20)14-18-17-8-21-14/h1-6,8H,7H2. The SMILES string of the molecule is O=c1ccc(-c2nnco2)cn1Cc1c(F)cccc1Cl. The van der Waals surface area contributed by atoms with Crippen LogP contribution in [0, 0.1) is 5.82 Å². The van der Waals surface area contributed by atoms with Gasteiger partial charge in [0.05, 0.1) is 12.1 Å². The molecule has 0 bridgehead atoms. The van der Waals surface area contributed by atoms with Gasteiger partial charge in [-0.3, -0.25) is 4.79 Å². The Morgan fingerprint density at radius 2 is 2.14 bits per heavy atom. The second-order valence-corrected chi connectivity index (χ2v) is 4.74. The minimum atomic E-state index is -0.461. The summed E-state index contributed by atoms with van der Waals surface area (Å²) in [7, 11) is 0. The van der Waals surface area contributed by atoms with Crippen LogP contribution in [0.3, 0.4) is 0 Å². The Hall–Kier alpha value is -2.47. The second kappa shape index (κ2) is 5.49. The van der Waals surface area contributed by atoms with Gasteiger partial charge in [-0.1, -0.05) is 17.7 Å². The summed E-state index contributed by atoms with van der Waals surface area (Å²) in [5.74, 6) is -0.180. The molecule has 0 radical (unpaired) electrons. The van der Waals surface area contributed by atoms with Crippen LogP contribution in [-0.4, -0.2) is 14.8 Å². The van der Waals surface area contributed by atoms with Gasteiger partial charge in [-0.2, -0.15) is 0 Å². The lowest BCUT2D eigenvalue weighted by Crippen LogP contribution is -2.19. The molecule has 0 amide bonds. The maximum Gasteiger partial charge on any atom is 0.250 e. The molecule has 0 aliphatic carbocycles. The van der Waals surface area contributed by atoms with E-state index in [0.29, 0.717) is 5.56 Å². The maximum atomic E-state index is 13.8. The van der Waals surface area contributed by atoms with Crippen molar-refractivity contribution in [1.29, 1.82) is 0 Å². The van der Waals surface area contributed by atoms with Crippen LogP contribution in [0.4, 0.5) is 4.39 Å². The van der Waals surface area contributed by atoms with E-state index >= 15 is 0 Å². The van der Waals surface area contributed by atoms with Crippen LogP contribution >= 0.6 is 11.6 Å². The highest BCUT2D eigenvalue weighted by Gasteiger charge is 2.10. The average molecular weight is 306 g/mol. The molecule has 21 heavy (non-hydrogen) atoms. The Labute approximate surface area is 123 Å². The van der Waals surface area contributed by atoms with Crippen LogP contribution in [0.1, 0.15) is 5.56 Å². The zero-order valence-electron chi connectivity index (χ0n) is 10.7. The summed E-state index contributed by atoms with van der Waals surface area (Å²) < 4.78 is 20.2. The lowest BCUT2D eigenvalue weighted by molar-refractivity contribution is 0.566. The zero-order valence-corrected chi connectivity index (χ0v) is 11.4. The molecule has 2 heterocycles. The lowest BCUT2D eigenvalue weighted by Gasteiger charge is -2.09. The first-order chi connectivity index (χ1) is 10.1. The van der Waals surface area contributed by atoms with Gasteiger partial charge in [0, 0.05) is 22.8 Å². The monoisotopic (exact) mass is 305 g/mol. The molecule has 0 saturated carbocycles. The fourth-order valence-electron chi connectivity index (χ4n) is 1.93. The molecule has 0 aliphatic heterocycles. The summed E-state index contributed by atoms with van der Waals surface area (Å²) >= 11 is 5.97. The summed E-state index contributed by atoms with van der Waals surface area (Å²) in [6, 6.07) is 7.31. The van der Waals surface area contributed by atoms with E-state index in [9.17, 15) is 9.18 Å². The summed E-state index contributed by atoms with van der Waals surface area (Å²) in [6.07, 6.45) is 2.72. The number of rotatable bonds is 3. The van der Waals surface area contributed by atoms with Crippen molar-refractivity contribution in [3.63, 3.8) is 0 Å². The van der Waals surface area contributed by atoms with E-state index in [2.05, 4.69) is 10.2 Å². The first-order valence-corrected chi connectivity index (χ1v) is 6.43. The van der Waals surface area contributed by atoms with Crippen molar-refractivity contribution in [2.24, 2.45) is 0 Å². The summed E-state index contributed by atoms with van der Waals surface area (Å²) in [5.41, 5.74) is 0.543. The molecule has 7 heteroatoms. The molecular formula is C14H9ClFN3O2. The Morgan fingerprint density at radius 1 is 1.29 bits per heavy atom. The number of aromatic nitrogens is 3. The highest BCUT2D eigenvalue weighted by atomic mass is 35.5. The normalized spacial score (nSPS) is 10.8. The van der Waals surface area contributed by atoms with Gasteiger partial charge < -0.3 is 8.98 Å². The predicted octanol–water partition coefficient (Wildman–Crippen LogP) is 2.74. The Balaban J connectivity index is 2.03. The molecule has 3 rings (SSSR count). The molecule has 0 unspecified atom stereocenters. The average Bonchev–Trinajstić information content (AvgIpc) is 2.99. The molecule has 1 aromatic carbocycles. The quantitative estimate of drug-likeness (QED) is 0.746. The van der Waals surface area contributed by atoms with E-state index in [-0.39, 0.29) is 28.6 Å². The summed E-state index contributed by atoms with van der Waals surface area (Å²) in [6.45, 7) is 0.0202. The van der Waals surface area contributed by atoms with E-state index < -0.39 is 5.82 Å². The van der Waals surface area contributed by atoms with Crippen molar-refractivity contribution >= 4 is 11.6 Å². The molecule has 0 fully saturated rings. The predicted molar refractivity (Wildman–Crippen MR) is 74.5 cm³/mol. The van der Waals surface area contributed by atoms with Crippen LogP contribution in [0.2, 0.25) is 5.02 Å². The van der Waals surface area contributed by atoms with Gasteiger partial charge in [-0.15, -0.1) is 10.2 Å². The summed E-state index contributed by atoms with van der Waals surface area (Å²) in [5, 5.41) is 7.61. The van der Waals surface area contributed by atoms with Gasteiger partial charge in [0.15, 0.2) is 0 Å². The minimum Gasteiger partial charge on any atom is -0.423 e. The van der Waals surface area contributed by atoms with Crippen molar-refractivity contribution in [3.05, 3.63) is 69.7 Å². The molecule has 2 aromatic heterocycles. The molecule has 5 nitrogen and oxygen atoms in total. The Morgan fingerprint density at radius 3 is 2.86 bits per heavy atom. The smallest absolute Gasteiger partial charge is 0.250 e. The summed E-state index contributed by atoms with van der Waals surface area (Å²) in [4.78, 5) is 11.9. The Kier molecular flexibility index (Phi) is 3.53. The third kappa shape index (κ3) is 2.71. The molecule has 106 valence electrons. The molecule has 0 N–H and O–H groups in total. The number of nitrogens with zero attached hydrogens (tertiary/aromatic N) is 3. The highest BCUT2D eigenvalue weighted by molar-refractivity contribution is 6.31. The Bertz CT molecular complexity index is 810. The molecule has 0 saturated heterocycles. The maximum absolute atomic E-state index is 13.8. The number of pyridine rings is 1. The van der Waals surface area contributed by atoms with Crippen LogP contribution < -0.4 is 5.56 Å². The minimum absolute atomic E-state index is 0.0202. The molecular weight excluding hydrogens is 297 g/mol. The molecule has 0 aliphatic rings. The number of benzene rings is 1. The largest absolute Gasteiger partial charge is 0.423 e. The molecule has 3 aromatic rings. The van der Waals surface area contributed by atoms with Crippen LogP contribution in [0.25, 0.3) is 11.5 Å². The zero-order chi connectivity index (χ0) is 14.8.